The number of nitrogens with zero attached hydrogens (tertiary/aromatic N) is 1. The molecule has 0 spiro atoms. The first-order valence-electron chi connectivity index (χ1n) is 5.26. The number of nitrogens with two attached hydrogens (primary N) is 1. The van der Waals surface area contributed by atoms with E-state index in [4.69, 9.17) is 15.2 Å². The monoisotopic (exact) mass is 254 g/mol. The normalized spacial score (nSPS) is 10.1. The third kappa shape index (κ3) is 3.17. The summed E-state index contributed by atoms with van der Waals surface area (Å²) in [5, 5.41) is 10.9. The minimum absolute atomic E-state index is 0.0344. The molecule has 1 amide bonds. The van der Waals surface area contributed by atoms with E-state index >= 15 is 0 Å². The van der Waals surface area contributed by atoms with Gasteiger partial charge in [-0.1, -0.05) is 0 Å². The minimum Gasteiger partial charge on any atom is -0.460 e. The summed E-state index contributed by atoms with van der Waals surface area (Å²) in [4.78, 5) is 21.4. The number of carbonyl (C=O) groups is 1. The van der Waals surface area contributed by atoms with Crippen LogP contribution in [0.15, 0.2) is 12.1 Å². The Hall–Kier alpha value is -2.15. The molecule has 0 aliphatic carbocycles. The molecular weight excluding hydrogens is 240 g/mol. The van der Waals surface area contributed by atoms with Gasteiger partial charge in [-0.25, -0.2) is 0 Å². The third-order valence-corrected chi connectivity index (χ3v) is 2.27. The van der Waals surface area contributed by atoms with Gasteiger partial charge in [0.2, 0.25) is 11.7 Å². The molecule has 98 valence electrons. The summed E-state index contributed by atoms with van der Waals surface area (Å²) in [7, 11) is 0. The fraction of sp³-hybridized carbons (Fsp3) is 0.364. The van der Waals surface area contributed by atoms with Gasteiger partial charge in [0.15, 0.2) is 6.79 Å². The molecule has 0 radical (unpaired) electrons. The maximum Gasteiger partial charge on any atom is 0.311 e. The Labute approximate surface area is 104 Å². The number of carbonyl (C=O) groups excluding carboxylic acids is 1. The van der Waals surface area contributed by atoms with E-state index in [0.29, 0.717) is 12.2 Å². The molecule has 0 fully saturated rings. The summed E-state index contributed by atoms with van der Waals surface area (Å²) in [5.41, 5.74) is 5.56. The average Bonchev–Trinajstić information content (AvgIpc) is 2.30. The standard InChI is InChI=1S/C11H14N2O5/c1-3-17-6-18-10-5-8(11(12)14)7(2)4-9(10)13(15)16/h4-5H,3,6H2,1-2H3,(H2,12,14). The van der Waals surface area contributed by atoms with E-state index in [9.17, 15) is 14.9 Å². The van der Waals surface area contributed by atoms with Gasteiger partial charge in [0.25, 0.3) is 0 Å². The summed E-state index contributed by atoms with van der Waals surface area (Å²) >= 11 is 0. The van der Waals surface area contributed by atoms with E-state index in [1.807, 2.05) is 0 Å². The van der Waals surface area contributed by atoms with Crippen LogP contribution in [-0.4, -0.2) is 24.2 Å². The van der Waals surface area contributed by atoms with Crippen molar-refractivity contribution in [3.8, 4) is 5.75 Å². The lowest BCUT2D eigenvalue weighted by Gasteiger charge is -2.09. The van der Waals surface area contributed by atoms with Crippen molar-refractivity contribution in [1.29, 1.82) is 0 Å². The van der Waals surface area contributed by atoms with E-state index in [2.05, 4.69) is 0 Å². The van der Waals surface area contributed by atoms with Crippen molar-refractivity contribution < 1.29 is 19.2 Å². The van der Waals surface area contributed by atoms with Crippen LogP contribution in [0.2, 0.25) is 0 Å². The first-order valence-corrected chi connectivity index (χ1v) is 5.26. The maximum atomic E-state index is 11.2. The van der Waals surface area contributed by atoms with E-state index in [1.165, 1.54) is 12.1 Å². The van der Waals surface area contributed by atoms with Gasteiger partial charge in [-0.05, 0) is 19.4 Å². The molecule has 0 aliphatic rings. The van der Waals surface area contributed by atoms with Crippen molar-refractivity contribution in [3.63, 3.8) is 0 Å². The van der Waals surface area contributed by atoms with Crippen molar-refractivity contribution >= 4 is 11.6 Å². The molecule has 0 heterocycles. The number of ether oxygens (including phenoxy) is 2. The van der Waals surface area contributed by atoms with Gasteiger partial charge in [-0.3, -0.25) is 14.9 Å². The number of rotatable bonds is 6. The number of aryl methyl sites for hydroxylation is 1. The number of amides is 1. The fourth-order valence-electron chi connectivity index (χ4n) is 1.39. The van der Waals surface area contributed by atoms with Crippen LogP contribution in [0.3, 0.4) is 0 Å². The first kappa shape index (κ1) is 13.9. The van der Waals surface area contributed by atoms with Gasteiger partial charge in [0.05, 0.1) is 4.92 Å². The predicted molar refractivity (Wildman–Crippen MR) is 63.5 cm³/mol. The van der Waals surface area contributed by atoms with Gasteiger partial charge >= 0.3 is 5.69 Å². The highest BCUT2D eigenvalue weighted by molar-refractivity contribution is 5.95. The van der Waals surface area contributed by atoms with Gasteiger partial charge in [-0.2, -0.15) is 0 Å². The maximum absolute atomic E-state index is 11.2. The van der Waals surface area contributed by atoms with Gasteiger partial charge in [0.1, 0.15) is 0 Å². The zero-order chi connectivity index (χ0) is 13.7. The zero-order valence-electron chi connectivity index (χ0n) is 10.1. The number of nitro groups is 1. The number of hydrogen-bond acceptors (Lipinski definition) is 5. The van der Waals surface area contributed by atoms with Crippen molar-refractivity contribution in [2.24, 2.45) is 5.73 Å². The van der Waals surface area contributed by atoms with E-state index in [0.717, 1.165) is 0 Å². The summed E-state index contributed by atoms with van der Waals surface area (Å²) in [5.74, 6) is -0.698. The van der Waals surface area contributed by atoms with Crippen LogP contribution < -0.4 is 10.5 Å². The SMILES string of the molecule is CCOCOc1cc(C(N)=O)c(C)cc1[N+](=O)[O-]. The smallest absolute Gasteiger partial charge is 0.311 e. The van der Waals surface area contributed by atoms with Crippen molar-refractivity contribution in [3.05, 3.63) is 33.4 Å². The van der Waals surface area contributed by atoms with Crippen molar-refractivity contribution in [2.45, 2.75) is 13.8 Å². The second-order valence-corrected chi connectivity index (χ2v) is 3.51. The van der Waals surface area contributed by atoms with Crippen LogP contribution in [0.4, 0.5) is 5.69 Å². The van der Waals surface area contributed by atoms with E-state index in [1.54, 1.807) is 13.8 Å². The van der Waals surface area contributed by atoms with Gasteiger partial charge in [0, 0.05) is 24.3 Å². The number of hydrogen-bond donors (Lipinski definition) is 1. The molecule has 2 N–H and O–H groups in total. The molecule has 0 unspecified atom stereocenters. The Morgan fingerprint density at radius 1 is 1.50 bits per heavy atom. The molecule has 18 heavy (non-hydrogen) atoms. The Kier molecular flexibility index (Phi) is 4.61. The Balaban J connectivity index is 3.14. The number of nitro benzene ring substituents is 1. The Morgan fingerprint density at radius 2 is 2.17 bits per heavy atom. The molecule has 0 saturated carbocycles. The molecule has 1 aromatic carbocycles. The minimum atomic E-state index is -0.663. The third-order valence-electron chi connectivity index (χ3n) is 2.27. The second kappa shape index (κ2) is 5.97. The predicted octanol–water partition coefficient (Wildman–Crippen LogP) is 1.37. The van der Waals surface area contributed by atoms with Crippen LogP contribution in [0, 0.1) is 17.0 Å². The highest BCUT2D eigenvalue weighted by Gasteiger charge is 2.20. The molecular formula is C11H14N2O5. The van der Waals surface area contributed by atoms with Crippen LogP contribution in [0.1, 0.15) is 22.8 Å². The molecule has 7 heteroatoms. The van der Waals surface area contributed by atoms with Crippen LogP contribution in [-0.2, 0) is 4.74 Å². The lowest BCUT2D eigenvalue weighted by molar-refractivity contribution is -0.386. The quantitative estimate of drug-likeness (QED) is 0.357. The Bertz CT molecular complexity index is 473. The highest BCUT2D eigenvalue weighted by atomic mass is 16.7. The van der Waals surface area contributed by atoms with Crippen LogP contribution >= 0.6 is 0 Å². The molecule has 0 saturated heterocycles. The molecule has 0 bridgehead atoms. The van der Waals surface area contributed by atoms with Gasteiger partial charge < -0.3 is 15.2 Å². The topological polar surface area (TPSA) is 105 Å². The molecule has 1 rings (SSSR count). The van der Waals surface area contributed by atoms with Crippen LogP contribution in [0.25, 0.3) is 0 Å². The van der Waals surface area contributed by atoms with E-state index < -0.39 is 10.8 Å². The van der Waals surface area contributed by atoms with Gasteiger partial charge in [-0.15, -0.1) is 0 Å². The highest BCUT2D eigenvalue weighted by Crippen LogP contribution is 2.30. The Morgan fingerprint density at radius 3 is 2.67 bits per heavy atom. The summed E-state index contributed by atoms with van der Waals surface area (Å²) in [6.07, 6.45) is 0. The van der Waals surface area contributed by atoms with Crippen LogP contribution in [0.5, 0.6) is 5.75 Å². The average molecular weight is 254 g/mol. The number of primary amides is 1. The van der Waals surface area contributed by atoms with Crippen molar-refractivity contribution in [1.82, 2.24) is 0 Å². The fourth-order valence-corrected chi connectivity index (χ4v) is 1.39. The summed E-state index contributed by atoms with van der Waals surface area (Å²) in [6, 6.07) is 2.51. The molecule has 7 nitrogen and oxygen atoms in total. The number of benzene rings is 1. The zero-order valence-corrected chi connectivity index (χ0v) is 10.1. The first-order chi connectivity index (χ1) is 8.47. The second-order valence-electron chi connectivity index (χ2n) is 3.51. The molecule has 0 aromatic heterocycles. The lowest BCUT2D eigenvalue weighted by atomic mass is 10.1. The molecule has 0 atom stereocenters. The molecule has 0 aliphatic heterocycles. The molecule has 1 aromatic rings. The van der Waals surface area contributed by atoms with E-state index in [-0.39, 0.29) is 23.8 Å². The lowest BCUT2D eigenvalue weighted by Crippen LogP contribution is -2.14. The summed E-state index contributed by atoms with van der Waals surface area (Å²) in [6.45, 7) is 3.63. The largest absolute Gasteiger partial charge is 0.460 e. The van der Waals surface area contributed by atoms with Crippen molar-refractivity contribution in [2.75, 3.05) is 13.4 Å². The summed E-state index contributed by atoms with van der Waals surface area (Å²) < 4.78 is 10.1.